The highest BCUT2D eigenvalue weighted by Gasteiger charge is 2.08. The van der Waals surface area contributed by atoms with Gasteiger partial charge >= 0.3 is 0 Å². The second kappa shape index (κ2) is 10.5. The van der Waals surface area contributed by atoms with Gasteiger partial charge in [0, 0.05) is 13.2 Å². The molecule has 0 fully saturated rings. The molecule has 0 aromatic carbocycles. The summed E-state index contributed by atoms with van der Waals surface area (Å²) in [5, 5.41) is 0. The molecule has 0 aromatic rings. The molecule has 0 aliphatic carbocycles. The van der Waals surface area contributed by atoms with Gasteiger partial charge in [-0.05, 0) is 18.3 Å². The lowest BCUT2D eigenvalue weighted by atomic mass is 10.0. The zero-order chi connectivity index (χ0) is 11.5. The average Bonchev–Trinajstić information content (AvgIpc) is 2.28. The minimum atomic E-state index is 0.772. The lowest BCUT2D eigenvalue weighted by molar-refractivity contribution is 0.0648. The van der Waals surface area contributed by atoms with E-state index in [2.05, 4.69) is 27.7 Å². The van der Waals surface area contributed by atoms with Gasteiger partial charge in [-0.15, -0.1) is 0 Å². The monoisotopic (exact) mass is 214 g/mol. The number of rotatable bonds is 10. The summed E-state index contributed by atoms with van der Waals surface area (Å²) in [5.41, 5.74) is 0. The molecule has 1 unspecified atom stereocenters. The van der Waals surface area contributed by atoms with Crippen molar-refractivity contribution in [2.24, 2.45) is 11.8 Å². The Morgan fingerprint density at radius 3 is 1.80 bits per heavy atom. The summed E-state index contributed by atoms with van der Waals surface area (Å²) in [7, 11) is 0. The summed E-state index contributed by atoms with van der Waals surface area (Å²) in [6, 6.07) is 0. The first-order valence-corrected chi connectivity index (χ1v) is 6.86. The van der Waals surface area contributed by atoms with Gasteiger partial charge in [0.15, 0.2) is 0 Å². The standard InChI is InChI=1S/C14H30O/c1-5-9-10-14(8-4)12-15-11-13(6-2)7-3/h13-14H,5-12H2,1-4H3. The first-order valence-electron chi connectivity index (χ1n) is 6.86. The summed E-state index contributed by atoms with van der Waals surface area (Å²) < 4.78 is 5.83. The molecule has 1 nitrogen and oxygen atoms in total. The van der Waals surface area contributed by atoms with E-state index in [-0.39, 0.29) is 0 Å². The quantitative estimate of drug-likeness (QED) is 0.514. The molecule has 0 N–H and O–H groups in total. The van der Waals surface area contributed by atoms with Gasteiger partial charge in [-0.3, -0.25) is 0 Å². The third-order valence-electron chi connectivity index (χ3n) is 3.41. The molecule has 0 aliphatic heterocycles. The molecule has 15 heavy (non-hydrogen) atoms. The molecule has 1 atom stereocenters. The molecule has 0 amide bonds. The maximum Gasteiger partial charge on any atom is 0.0494 e. The van der Waals surface area contributed by atoms with Gasteiger partial charge in [0.2, 0.25) is 0 Å². The van der Waals surface area contributed by atoms with E-state index in [1.54, 1.807) is 0 Å². The van der Waals surface area contributed by atoms with Gasteiger partial charge < -0.3 is 4.74 Å². The van der Waals surface area contributed by atoms with Crippen molar-refractivity contribution in [2.75, 3.05) is 13.2 Å². The van der Waals surface area contributed by atoms with Crippen LogP contribution in [0.4, 0.5) is 0 Å². The van der Waals surface area contributed by atoms with Crippen molar-refractivity contribution in [2.45, 2.75) is 66.2 Å². The summed E-state index contributed by atoms with van der Waals surface area (Å²) in [6.45, 7) is 11.0. The van der Waals surface area contributed by atoms with Gasteiger partial charge in [-0.25, -0.2) is 0 Å². The minimum absolute atomic E-state index is 0.772. The Bertz CT molecular complexity index is 119. The minimum Gasteiger partial charge on any atom is -0.381 e. The molecule has 0 bridgehead atoms. The smallest absolute Gasteiger partial charge is 0.0494 e. The Morgan fingerprint density at radius 2 is 1.33 bits per heavy atom. The molecular weight excluding hydrogens is 184 g/mol. The van der Waals surface area contributed by atoms with Crippen LogP contribution in [-0.4, -0.2) is 13.2 Å². The van der Waals surface area contributed by atoms with Crippen LogP contribution in [0.5, 0.6) is 0 Å². The SMILES string of the molecule is CCCCC(CC)COCC(CC)CC. The van der Waals surface area contributed by atoms with Crippen molar-refractivity contribution in [3.63, 3.8) is 0 Å². The number of unbranched alkanes of at least 4 members (excludes halogenated alkanes) is 1. The molecule has 0 spiro atoms. The fraction of sp³-hybridized carbons (Fsp3) is 1.00. The lowest BCUT2D eigenvalue weighted by Crippen LogP contribution is -2.14. The van der Waals surface area contributed by atoms with Crippen LogP contribution in [0, 0.1) is 11.8 Å². The molecule has 92 valence electrons. The van der Waals surface area contributed by atoms with E-state index in [0.29, 0.717) is 0 Å². The van der Waals surface area contributed by atoms with E-state index in [1.807, 2.05) is 0 Å². The molecule has 1 heteroatoms. The van der Waals surface area contributed by atoms with E-state index in [9.17, 15) is 0 Å². The van der Waals surface area contributed by atoms with E-state index in [1.165, 1.54) is 38.5 Å². The fourth-order valence-corrected chi connectivity index (χ4v) is 1.82. The van der Waals surface area contributed by atoms with Gasteiger partial charge in [-0.2, -0.15) is 0 Å². The molecule has 0 aliphatic rings. The molecule has 0 aromatic heterocycles. The Labute approximate surface area is 96.6 Å². The van der Waals surface area contributed by atoms with E-state index in [4.69, 9.17) is 4.74 Å². The van der Waals surface area contributed by atoms with Gasteiger partial charge in [0.1, 0.15) is 0 Å². The first-order chi connectivity index (χ1) is 7.28. The van der Waals surface area contributed by atoms with Crippen molar-refractivity contribution < 1.29 is 4.74 Å². The molecule has 0 saturated carbocycles. The van der Waals surface area contributed by atoms with Crippen molar-refractivity contribution in [3.05, 3.63) is 0 Å². The number of hydrogen-bond acceptors (Lipinski definition) is 1. The van der Waals surface area contributed by atoms with E-state index < -0.39 is 0 Å². The zero-order valence-corrected chi connectivity index (χ0v) is 11.2. The second-order valence-corrected chi connectivity index (χ2v) is 4.64. The van der Waals surface area contributed by atoms with Gasteiger partial charge in [-0.1, -0.05) is 59.8 Å². The summed E-state index contributed by atoms with van der Waals surface area (Å²) >= 11 is 0. The van der Waals surface area contributed by atoms with Gasteiger partial charge in [0.25, 0.3) is 0 Å². The second-order valence-electron chi connectivity index (χ2n) is 4.64. The normalized spacial score (nSPS) is 13.4. The van der Waals surface area contributed by atoms with Crippen LogP contribution in [-0.2, 0) is 4.74 Å². The predicted octanol–water partition coefficient (Wildman–Crippen LogP) is 4.66. The summed E-state index contributed by atoms with van der Waals surface area (Å²) in [6.07, 6.45) is 7.78. The van der Waals surface area contributed by atoms with Crippen molar-refractivity contribution in [3.8, 4) is 0 Å². The average molecular weight is 214 g/mol. The highest BCUT2D eigenvalue weighted by Crippen LogP contribution is 2.14. The molecule has 0 radical (unpaired) electrons. The van der Waals surface area contributed by atoms with Crippen LogP contribution in [0.25, 0.3) is 0 Å². The van der Waals surface area contributed by atoms with Crippen LogP contribution in [0.15, 0.2) is 0 Å². The number of hydrogen-bond donors (Lipinski definition) is 0. The Kier molecular flexibility index (Phi) is 10.4. The Morgan fingerprint density at radius 1 is 0.800 bits per heavy atom. The topological polar surface area (TPSA) is 9.23 Å². The molecule has 0 rings (SSSR count). The fourth-order valence-electron chi connectivity index (χ4n) is 1.82. The van der Waals surface area contributed by atoms with E-state index in [0.717, 1.165) is 25.0 Å². The molecular formula is C14H30O. The third-order valence-corrected chi connectivity index (χ3v) is 3.41. The highest BCUT2D eigenvalue weighted by molar-refractivity contribution is 4.58. The van der Waals surface area contributed by atoms with E-state index >= 15 is 0 Å². The largest absolute Gasteiger partial charge is 0.381 e. The van der Waals surface area contributed by atoms with Crippen molar-refractivity contribution in [1.29, 1.82) is 0 Å². The van der Waals surface area contributed by atoms with Crippen LogP contribution < -0.4 is 0 Å². The number of ether oxygens (including phenoxy) is 1. The maximum atomic E-state index is 5.83. The first kappa shape index (κ1) is 15.0. The molecule has 0 heterocycles. The Balaban J connectivity index is 3.52. The summed E-state index contributed by atoms with van der Waals surface area (Å²) in [5.74, 6) is 1.56. The highest BCUT2D eigenvalue weighted by atomic mass is 16.5. The lowest BCUT2D eigenvalue weighted by Gasteiger charge is -2.17. The maximum absolute atomic E-state index is 5.83. The predicted molar refractivity (Wildman–Crippen MR) is 68.2 cm³/mol. The summed E-state index contributed by atoms with van der Waals surface area (Å²) in [4.78, 5) is 0. The van der Waals surface area contributed by atoms with Crippen LogP contribution in [0.1, 0.15) is 66.2 Å². The van der Waals surface area contributed by atoms with Crippen molar-refractivity contribution >= 4 is 0 Å². The van der Waals surface area contributed by atoms with Crippen LogP contribution in [0.3, 0.4) is 0 Å². The zero-order valence-electron chi connectivity index (χ0n) is 11.2. The molecule has 0 saturated heterocycles. The van der Waals surface area contributed by atoms with Crippen LogP contribution >= 0.6 is 0 Å². The van der Waals surface area contributed by atoms with Gasteiger partial charge in [0.05, 0.1) is 0 Å². The third kappa shape index (κ3) is 7.84. The van der Waals surface area contributed by atoms with Crippen molar-refractivity contribution in [1.82, 2.24) is 0 Å². The Hall–Kier alpha value is -0.0400. The van der Waals surface area contributed by atoms with Crippen LogP contribution in [0.2, 0.25) is 0 Å².